The van der Waals surface area contributed by atoms with Gasteiger partial charge in [-0.1, -0.05) is 30.3 Å². The van der Waals surface area contributed by atoms with Gasteiger partial charge in [-0.15, -0.1) is 0 Å². The average molecular weight is 245 g/mol. The summed E-state index contributed by atoms with van der Waals surface area (Å²) >= 11 is 0. The summed E-state index contributed by atoms with van der Waals surface area (Å²) in [5, 5.41) is 0. The van der Waals surface area contributed by atoms with Gasteiger partial charge in [-0.05, 0) is 29.8 Å². The highest BCUT2D eigenvalue weighted by Gasteiger charge is 2.06. The lowest BCUT2D eigenvalue weighted by Crippen LogP contribution is -2.14. The topological polar surface area (TPSA) is 35.2 Å². The van der Waals surface area contributed by atoms with Crippen LogP contribution in [-0.2, 0) is 0 Å². The fraction of sp³-hybridized carbons (Fsp3) is 0.200. The number of ether oxygens (including phenoxy) is 1. The fourth-order valence-corrected chi connectivity index (χ4v) is 1.72. The van der Waals surface area contributed by atoms with Crippen LogP contribution in [-0.4, -0.2) is 6.61 Å². The van der Waals surface area contributed by atoms with Gasteiger partial charge in [0.05, 0.1) is 6.61 Å². The molecule has 2 aromatic carbocycles. The SMILES string of the molecule is NC(CCOc1ccccc1)c1cccc(F)c1. The molecule has 0 fully saturated rings. The average Bonchev–Trinajstić information content (AvgIpc) is 2.40. The maximum Gasteiger partial charge on any atom is 0.123 e. The van der Waals surface area contributed by atoms with Crippen LogP contribution in [0, 0.1) is 5.82 Å². The van der Waals surface area contributed by atoms with Crippen LogP contribution in [0.5, 0.6) is 5.75 Å². The lowest BCUT2D eigenvalue weighted by Gasteiger charge is -2.13. The summed E-state index contributed by atoms with van der Waals surface area (Å²) in [4.78, 5) is 0. The second kappa shape index (κ2) is 6.17. The molecule has 0 radical (unpaired) electrons. The molecule has 3 heteroatoms. The number of halogens is 1. The van der Waals surface area contributed by atoms with E-state index in [4.69, 9.17) is 10.5 Å². The van der Waals surface area contributed by atoms with Crippen molar-refractivity contribution in [2.75, 3.05) is 6.61 Å². The van der Waals surface area contributed by atoms with Gasteiger partial charge in [0.25, 0.3) is 0 Å². The molecule has 2 rings (SSSR count). The Labute approximate surface area is 106 Å². The Bertz CT molecular complexity index is 487. The van der Waals surface area contributed by atoms with Crippen LogP contribution in [0.25, 0.3) is 0 Å². The third-order valence-electron chi connectivity index (χ3n) is 2.72. The molecule has 1 unspecified atom stereocenters. The van der Waals surface area contributed by atoms with Gasteiger partial charge in [-0.2, -0.15) is 0 Å². The number of hydrogen-bond acceptors (Lipinski definition) is 2. The van der Waals surface area contributed by atoms with Gasteiger partial charge in [0.15, 0.2) is 0 Å². The zero-order chi connectivity index (χ0) is 12.8. The molecule has 2 aromatic rings. The van der Waals surface area contributed by atoms with Crippen molar-refractivity contribution >= 4 is 0 Å². The Kier molecular flexibility index (Phi) is 4.31. The molecule has 0 aromatic heterocycles. The summed E-state index contributed by atoms with van der Waals surface area (Å²) < 4.78 is 18.6. The standard InChI is InChI=1S/C15H16FNO/c16-13-6-4-5-12(11-13)15(17)9-10-18-14-7-2-1-3-8-14/h1-8,11,15H,9-10,17H2. The Morgan fingerprint density at radius 2 is 1.83 bits per heavy atom. The van der Waals surface area contributed by atoms with E-state index in [0.29, 0.717) is 13.0 Å². The highest BCUT2D eigenvalue weighted by molar-refractivity contribution is 5.21. The van der Waals surface area contributed by atoms with Crippen LogP contribution in [0.15, 0.2) is 54.6 Å². The Balaban J connectivity index is 1.83. The first-order chi connectivity index (χ1) is 8.75. The smallest absolute Gasteiger partial charge is 0.123 e. The highest BCUT2D eigenvalue weighted by Crippen LogP contribution is 2.16. The van der Waals surface area contributed by atoms with Gasteiger partial charge >= 0.3 is 0 Å². The van der Waals surface area contributed by atoms with E-state index >= 15 is 0 Å². The molecule has 0 saturated carbocycles. The summed E-state index contributed by atoms with van der Waals surface area (Å²) in [7, 11) is 0. The van der Waals surface area contributed by atoms with E-state index in [2.05, 4.69) is 0 Å². The van der Waals surface area contributed by atoms with Gasteiger partial charge in [-0.25, -0.2) is 4.39 Å². The third-order valence-corrected chi connectivity index (χ3v) is 2.72. The first-order valence-corrected chi connectivity index (χ1v) is 5.94. The molecule has 0 heterocycles. The van der Waals surface area contributed by atoms with E-state index < -0.39 is 0 Å². The molecule has 0 saturated heterocycles. The van der Waals surface area contributed by atoms with E-state index in [0.717, 1.165) is 11.3 Å². The second-order valence-electron chi connectivity index (χ2n) is 4.11. The summed E-state index contributed by atoms with van der Waals surface area (Å²) in [6.07, 6.45) is 0.651. The van der Waals surface area contributed by atoms with Crippen LogP contribution < -0.4 is 10.5 Å². The van der Waals surface area contributed by atoms with Crippen molar-refractivity contribution in [2.24, 2.45) is 5.73 Å². The molecule has 0 amide bonds. The number of benzene rings is 2. The normalized spacial score (nSPS) is 12.1. The molecule has 0 aliphatic heterocycles. The van der Waals surface area contributed by atoms with Crippen molar-refractivity contribution < 1.29 is 9.13 Å². The minimum absolute atomic E-state index is 0.204. The summed E-state index contributed by atoms with van der Waals surface area (Å²) in [5.41, 5.74) is 6.78. The summed E-state index contributed by atoms with van der Waals surface area (Å²) in [6, 6.07) is 15.7. The van der Waals surface area contributed by atoms with Crippen molar-refractivity contribution in [2.45, 2.75) is 12.5 Å². The lowest BCUT2D eigenvalue weighted by molar-refractivity contribution is 0.298. The maximum atomic E-state index is 13.0. The fourth-order valence-electron chi connectivity index (χ4n) is 1.72. The van der Waals surface area contributed by atoms with Gasteiger partial charge in [-0.3, -0.25) is 0 Å². The number of rotatable bonds is 5. The molecule has 18 heavy (non-hydrogen) atoms. The van der Waals surface area contributed by atoms with E-state index in [-0.39, 0.29) is 11.9 Å². The zero-order valence-corrected chi connectivity index (χ0v) is 10.1. The number of nitrogens with two attached hydrogens (primary N) is 1. The molecule has 2 nitrogen and oxygen atoms in total. The zero-order valence-electron chi connectivity index (χ0n) is 10.1. The van der Waals surface area contributed by atoms with Crippen molar-refractivity contribution in [1.82, 2.24) is 0 Å². The van der Waals surface area contributed by atoms with E-state index in [9.17, 15) is 4.39 Å². The van der Waals surface area contributed by atoms with Crippen LogP contribution >= 0.6 is 0 Å². The molecule has 1 atom stereocenters. The Morgan fingerprint density at radius 1 is 1.06 bits per heavy atom. The lowest BCUT2D eigenvalue weighted by atomic mass is 10.1. The molecule has 0 spiro atoms. The first kappa shape index (κ1) is 12.6. The Morgan fingerprint density at radius 3 is 2.56 bits per heavy atom. The molecule has 0 aliphatic carbocycles. The van der Waals surface area contributed by atoms with Crippen LogP contribution in [0.4, 0.5) is 4.39 Å². The summed E-state index contributed by atoms with van der Waals surface area (Å²) in [6.45, 7) is 0.516. The first-order valence-electron chi connectivity index (χ1n) is 5.94. The van der Waals surface area contributed by atoms with Crippen LogP contribution in [0.3, 0.4) is 0 Å². The van der Waals surface area contributed by atoms with Gasteiger partial charge in [0, 0.05) is 12.5 Å². The predicted octanol–water partition coefficient (Wildman–Crippen LogP) is 3.29. The minimum atomic E-state index is -0.257. The largest absolute Gasteiger partial charge is 0.494 e. The Hall–Kier alpha value is -1.87. The summed E-state index contributed by atoms with van der Waals surface area (Å²) in [5.74, 6) is 0.566. The maximum absolute atomic E-state index is 13.0. The van der Waals surface area contributed by atoms with E-state index in [1.807, 2.05) is 36.4 Å². The van der Waals surface area contributed by atoms with Crippen molar-refractivity contribution in [3.63, 3.8) is 0 Å². The quantitative estimate of drug-likeness (QED) is 0.877. The molecular formula is C15H16FNO. The van der Waals surface area contributed by atoms with Crippen LogP contribution in [0.2, 0.25) is 0 Å². The van der Waals surface area contributed by atoms with E-state index in [1.165, 1.54) is 12.1 Å². The van der Waals surface area contributed by atoms with Gasteiger partial charge < -0.3 is 10.5 Å². The van der Waals surface area contributed by atoms with Crippen molar-refractivity contribution in [1.29, 1.82) is 0 Å². The highest BCUT2D eigenvalue weighted by atomic mass is 19.1. The third kappa shape index (κ3) is 3.57. The molecule has 94 valence electrons. The minimum Gasteiger partial charge on any atom is -0.494 e. The molecule has 0 bridgehead atoms. The molecular weight excluding hydrogens is 229 g/mol. The van der Waals surface area contributed by atoms with Crippen LogP contribution in [0.1, 0.15) is 18.0 Å². The van der Waals surface area contributed by atoms with Crippen molar-refractivity contribution in [3.8, 4) is 5.75 Å². The van der Waals surface area contributed by atoms with Gasteiger partial charge in [0.2, 0.25) is 0 Å². The van der Waals surface area contributed by atoms with E-state index in [1.54, 1.807) is 6.07 Å². The number of hydrogen-bond donors (Lipinski definition) is 1. The number of para-hydroxylation sites is 1. The molecule has 2 N–H and O–H groups in total. The van der Waals surface area contributed by atoms with Gasteiger partial charge in [0.1, 0.15) is 11.6 Å². The monoisotopic (exact) mass is 245 g/mol. The molecule has 0 aliphatic rings. The van der Waals surface area contributed by atoms with Crippen molar-refractivity contribution in [3.05, 3.63) is 66.0 Å². The second-order valence-corrected chi connectivity index (χ2v) is 4.11. The predicted molar refractivity (Wildman–Crippen MR) is 69.9 cm³/mol.